The number of hydrogen-bond acceptors (Lipinski definition) is 25. The van der Waals surface area contributed by atoms with Crippen LogP contribution in [0.2, 0.25) is 0 Å². The van der Waals surface area contributed by atoms with Gasteiger partial charge in [0, 0.05) is 74.1 Å². The molecule has 15 amide bonds. The molecule has 0 radical (unpaired) electrons. The lowest BCUT2D eigenvalue weighted by Gasteiger charge is -2.38. The lowest BCUT2D eigenvalue weighted by Crippen LogP contribution is -2.46. The predicted octanol–water partition coefficient (Wildman–Crippen LogP) is 15.5. The fraction of sp³-hybridized carbons (Fsp3) is 0.444. The van der Waals surface area contributed by atoms with Crippen molar-refractivity contribution in [3.63, 3.8) is 0 Å². The fourth-order valence-electron chi connectivity index (χ4n) is 18.1. The molecule has 0 aliphatic carbocycles. The summed E-state index contributed by atoms with van der Waals surface area (Å²) in [6, 6.07) is 29.1. The Bertz CT molecular complexity index is 6050. The van der Waals surface area contributed by atoms with Crippen LogP contribution in [0.25, 0.3) is 0 Å². The number of piperidine rings is 4. The molecule has 41 nitrogen and oxygen atoms in total. The maximum Gasteiger partial charge on any atom is 0.413 e. The minimum absolute atomic E-state index is 0.0665. The van der Waals surface area contributed by atoms with E-state index >= 15 is 0 Å². The molecule has 8 aromatic rings. The number of hydrogen-bond donors (Lipinski definition) is 14. The molecule has 0 spiro atoms. The van der Waals surface area contributed by atoms with E-state index in [2.05, 4.69) is 129 Å². The molecule has 41 heteroatoms. The predicted molar refractivity (Wildman–Crippen MR) is 556 cm³/mol. The SMILES string of the molecule is C[C@@H]1CC[C@@H](c2ccc3c(c2)CNC3=O)NC1.Cc1cc(NC(=O)C(=O)N2C[C@@H](C)CC[C@@H]2c2ccc3c(c2)CNC3=O)cnc1NC(=O)OC(C)(C)C.Cc1cc(NC(=O)C(=O)N2C[C@H](C)CC[C@H]2c2ccc3c(c2)CNC3=O)cnc1NC(=O)OC(C)(C)C.Cc1cc(NC(=O)C(=O)N2C[C@H](C)CC[C@H]2c2ccc3c(c2)CNC3=O)cnc1NC(=O)OC(C)(C)C.Cc1cc(NC(=O)C(=O)O)cnc1NC(=O)OC(C)(C)C. The molecule has 14 N–H and O–H groups in total. The Balaban J connectivity index is 0.000000170. The van der Waals surface area contributed by atoms with Crippen molar-refractivity contribution in [2.45, 2.75) is 263 Å². The molecular formula is C108H134N20O21. The van der Waals surface area contributed by atoms with E-state index in [1.54, 1.807) is 162 Å². The number of aryl methyl sites for hydroxylation is 4. The van der Waals surface area contributed by atoms with Gasteiger partial charge in [0.1, 0.15) is 45.7 Å². The van der Waals surface area contributed by atoms with Gasteiger partial charge in [0.05, 0.1) is 65.7 Å². The Kier molecular flexibility index (Phi) is 35.9. The van der Waals surface area contributed by atoms with E-state index in [4.69, 9.17) is 24.1 Å². The summed E-state index contributed by atoms with van der Waals surface area (Å²) in [5.74, 6) is -4.41. The van der Waals surface area contributed by atoms with Crippen LogP contribution in [0.3, 0.4) is 0 Å². The van der Waals surface area contributed by atoms with Gasteiger partial charge in [-0.2, -0.15) is 0 Å². The molecule has 16 rings (SSSR count). The van der Waals surface area contributed by atoms with E-state index in [1.807, 2.05) is 42.5 Å². The molecule has 0 bridgehead atoms. The van der Waals surface area contributed by atoms with Crippen LogP contribution in [0.15, 0.2) is 122 Å². The van der Waals surface area contributed by atoms with E-state index in [-0.39, 0.29) is 71.0 Å². The number of carbonyl (C=O) groups excluding carboxylic acids is 15. The van der Waals surface area contributed by atoms with E-state index in [0.717, 1.165) is 95.5 Å². The first kappa shape index (κ1) is 112. The standard InChI is InChI=1S/3C27H33N5O5.C14H18N2O.C13H17N3O5/c3*1-15-6-9-21(17-7-8-20-18(11-17)12-29-23(20)33)32(14-15)25(35)24(34)30-19-10-16(2)22(28-13-19)31-26(36)37-27(3,4)5;1-9-2-5-13(15-7-9)10-3-4-12-11(6-10)8-16-14(12)17;1-7-5-8(15-10(17)11(18)19)6-14-9(7)16-12(20)21-13(2,3)4/h3*7-8,10-11,13,15,21H,6,9,12,14H2,1-5H3,(H,29,33)(H,30,34)(H,28,31,36);3-4,6,9,13,15H,2,5,7-8H2,1H3,(H,16,17);5-6H,1-4H3,(H,15,17)(H,18,19)(H,14,16,20)/t3*15-,21+;9-,13+;/m1101./s1. The zero-order chi connectivity index (χ0) is 109. The van der Waals surface area contributed by atoms with Crippen LogP contribution in [0.4, 0.5) is 65.2 Å². The second kappa shape index (κ2) is 47.8. The van der Waals surface area contributed by atoms with Crippen LogP contribution in [-0.4, -0.2) is 184 Å². The van der Waals surface area contributed by atoms with Crippen molar-refractivity contribution in [3.8, 4) is 0 Å². The first-order chi connectivity index (χ1) is 70.0. The molecule has 792 valence electrons. The van der Waals surface area contributed by atoms with Crippen LogP contribution in [0.1, 0.15) is 295 Å². The molecule has 149 heavy (non-hydrogen) atoms. The number of anilines is 8. The Morgan fingerprint density at radius 1 is 0.322 bits per heavy atom. The highest BCUT2D eigenvalue weighted by atomic mass is 16.6. The number of carboxylic acid groups (broad SMARTS) is 1. The van der Waals surface area contributed by atoms with Crippen LogP contribution in [0, 0.1) is 51.4 Å². The van der Waals surface area contributed by atoms with Crippen molar-refractivity contribution in [1.82, 2.24) is 61.2 Å². The van der Waals surface area contributed by atoms with Crippen molar-refractivity contribution in [2.24, 2.45) is 23.7 Å². The average molecular weight is 2050 g/mol. The largest absolute Gasteiger partial charge is 0.474 e. The van der Waals surface area contributed by atoms with Crippen LogP contribution in [0.5, 0.6) is 0 Å². The van der Waals surface area contributed by atoms with Crippen molar-refractivity contribution in [1.29, 1.82) is 0 Å². The smallest absolute Gasteiger partial charge is 0.413 e. The number of nitrogens with zero attached hydrogens (tertiary/aromatic N) is 7. The van der Waals surface area contributed by atoms with Crippen LogP contribution in [-0.2, 0) is 83.5 Å². The maximum atomic E-state index is 13.3. The molecule has 8 aliphatic heterocycles. The monoisotopic (exact) mass is 2050 g/mol. The molecule has 4 saturated heterocycles. The van der Waals surface area contributed by atoms with Gasteiger partial charge in [-0.3, -0.25) is 74.0 Å². The lowest BCUT2D eigenvalue weighted by molar-refractivity contribution is -0.147. The Morgan fingerprint density at radius 3 is 0.799 bits per heavy atom. The third-order valence-corrected chi connectivity index (χ3v) is 25.3. The maximum absolute atomic E-state index is 13.3. The number of fused-ring (bicyclic) bond motifs is 4. The summed E-state index contributed by atoms with van der Waals surface area (Å²) in [5, 5.41) is 43.7. The number of amides is 15. The third-order valence-electron chi connectivity index (χ3n) is 25.3. The van der Waals surface area contributed by atoms with E-state index in [9.17, 15) is 76.7 Å². The highest BCUT2D eigenvalue weighted by Crippen LogP contribution is 2.41. The number of likely N-dealkylation sites (tertiary alicyclic amines) is 3. The van der Waals surface area contributed by atoms with E-state index in [1.165, 1.54) is 49.3 Å². The van der Waals surface area contributed by atoms with Gasteiger partial charge < -0.3 is 86.6 Å². The molecule has 0 unspecified atom stereocenters. The first-order valence-electron chi connectivity index (χ1n) is 49.7. The van der Waals surface area contributed by atoms with Crippen molar-refractivity contribution in [3.05, 3.63) is 211 Å². The number of pyridine rings is 4. The number of carboxylic acids is 1. The van der Waals surface area contributed by atoms with Crippen LogP contribution >= 0.6 is 0 Å². The van der Waals surface area contributed by atoms with E-state index < -0.39 is 94.1 Å². The fourth-order valence-corrected chi connectivity index (χ4v) is 18.1. The summed E-state index contributed by atoms with van der Waals surface area (Å²) in [7, 11) is 0. The summed E-state index contributed by atoms with van der Waals surface area (Å²) in [6.45, 7) is 40.9. The highest BCUT2D eigenvalue weighted by Gasteiger charge is 2.41. The number of ether oxygens (including phenoxy) is 4. The van der Waals surface area contributed by atoms with Crippen molar-refractivity contribution >= 4 is 141 Å². The molecule has 4 aromatic carbocycles. The Morgan fingerprint density at radius 2 is 0.564 bits per heavy atom. The van der Waals surface area contributed by atoms with Gasteiger partial charge in [0.2, 0.25) is 0 Å². The normalized spacial score (nSPS) is 18.9. The zero-order valence-electron chi connectivity index (χ0n) is 87.7. The molecule has 8 atom stereocenters. The Hall–Kier alpha value is -15.8. The second-order valence-corrected chi connectivity index (χ2v) is 42.7. The van der Waals surface area contributed by atoms with Gasteiger partial charge in [0.15, 0.2) is 0 Å². The molecule has 4 aromatic heterocycles. The van der Waals surface area contributed by atoms with Gasteiger partial charge in [-0.25, -0.2) is 43.9 Å². The minimum atomic E-state index is -1.59. The molecule has 0 saturated carbocycles. The van der Waals surface area contributed by atoms with Crippen molar-refractivity contribution < 1.29 is 101 Å². The number of carbonyl (C=O) groups is 16. The average Bonchev–Trinajstić information content (AvgIpc) is 1.78. The summed E-state index contributed by atoms with van der Waals surface area (Å²) in [4.78, 5) is 217. The molecule has 8 aliphatic rings. The van der Waals surface area contributed by atoms with Gasteiger partial charge in [-0.05, 0) is 308 Å². The van der Waals surface area contributed by atoms with Crippen molar-refractivity contribution in [2.75, 3.05) is 68.7 Å². The zero-order valence-corrected chi connectivity index (χ0v) is 87.7. The summed E-state index contributed by atoms with van der Waals surface area (Å²) < 4.78 is 20.8. The summed E-state index contributed by atoms with van der Waals surface area (Å²) >= 11 is 0. The lowest BCUT2D eigenvalue weighted by atomic mass is 9.88. The topological polar surface area (TPSA) is 548 Å². The third kappa shape index (κ3) is 30.9. The number of aliphatic carboxylic acids is 1. The molecular weight excluding hydrogens is 1910 g/mol. The van der Waals surface area contributed by atoms with Gasteiger partial charge in [0.25, 0.3) is 23.6 Å². The first-order valence-corrected chi connectivity index (χ1v) is 49.7. The number of nitrogens with one attached hydrogen (secondary N) is 13. The number of rotatable bonds is 12. The Labute approximate surface area is 864 Å². The highest BCUT2D eigenvalue weighted by molar-refractivity contribution is 6.41. The molecule has 12 heterocycles. The van der Waals surface area contributed by atoms with Gasteiger partial charge in [-0.1, -0.05) is 76.2 Å². The van der Waals surface area contributed by atoms with Gasteiger partial charge >= 0.3 is 71.7 Å². The second-order valence-electron chi connectivity index (χ2n) is 42.7. The van der Waals surface area contributed by atoms with E-state index in [0.29, 0.717) is 125 Å². The quantitative estimate of drug-likeness (QED) is 0.0399. The van der Waals surface area contributed by atoms with Crippen LogP contribution < -0.4 is 69.1 Å². The van der Waals surface area contributed by atoms with Gasteiger partial charge in [-0.15, -0.1) is 0 Å². The summed E-state index contributed by atoms with van der Waals surface area (Å²) in [5.41, 5.74) is 11.7. The summed E-state index contributed by atoms with van der Waals surface area (Å²) in [6.07, 6.45) is 10.3. The number of benzene rings is 4. The number of aromatic nitrogens is 4. The molecule has 4 fully saturated rings. The minimum Gasteiger partial charge on any atom is -0.474 e.